The first-order valence-electron chi connectivity index (χ1n) is 6.44. The first kappa shape index (κ1) is 18.1. The van der Waals surface area contributed by atoms with E-state index in [1.165, 1.54) is 0 Å². The molecule has 0 saturated heterocycles. The van der Waals surface area contributed by atoms with Crippen LogP contribution in [0, 0.1) is 5.41 Å². The molecule has 0 aliphatic heterocycles. The molecule has 1 atom stereocenters. The summed E-state index contributed by atoms with van der Waals surface area (Å²) in [6, 6.07) is 6.02. The van der Waals surface area contributed by atoms with Crippen molar-refractivity contribution < 1.29 is 24.9 Å². The second-order valence-corrected chi connectivity index (χ2v) is 5.79. The number of hydrogen-bond acceptors (Lipinski definition) is 5. The Bertz CT molecular complexity index is 439. The van der Waals surface area contributed by atoms with E-state index in [-0.39, 0.29) is 26.2 Å². The largest absolute Gasteiger partial charge is 0.493 e. The normalized spacial score (nSPS) is 13.0. The smallest absolute Gasteiger partial charge is 0.320 e. The monoisotopic (exact) mass is 407 g/mol. The van der Waals surface area contributed by atoms with Gasteiger partial charge in [-0.15, -0.1) is 0 Å². The van der Waals surface area contributed by atoms with Crippen LogP contribution in [-0.2, 0) is 11.2 Å². The van der Waals surface area contributed by atoms with Crippen LogP contribution in [0.3, 0.4) is 0 Å². The molecule has 1 aromatic rings. The fraction of sp³-hybridized carbons (Fsp3) is 0.500. The van der Waals surface area contributed by atoms with Crippen LogP contribution in [0.1, 0.15) is 5.56 Å². The Balaban J connectivity index is 2.60. The lowest BCUT2D eigenvalue weighted by atomic mass is 9.94. The van der Waals surface area contributed by atoms with Gasteiger partial charge in [-0.25, -0.2) is 0 Å². The average Bonchev–Trinajstić information content (AvgIpc) is 2.50. The molecule has 21 heavy (non-hydrogen) atoms. The van der Waals surface area contributed by atoms with Gasteiger partial charge in [0, 0.05) is 4.43 Å². The number of carboxylic acid groups (broad SMARTS) is 1. The van der Waals surface area contributed by atoms with E-state index >= 15 is 0 Å². The van der Waals surface area contributed by atoms with Gasteiger partial charge in [0.15, 0.2) is 0 Å². The van der Waals surface area contributed by atoms with Crippen LogP contribution in [0.5, 0.6) is 5.75 Å². The highest BCUT2D eigenvalue weighted by Crippen LogP contribution is 2.22. The van der Waals surface area contributed by atoms with Crippen LogP contribution in [0.25, 0.3) is 0 Å². The van der Waals surface area contributed by atoms with E-state index in [0.717, 1.165) is 5.56 Å². The van der Waals surface area contributed by atoms with Gasteiger partial charge in [0.1, 0.15) is 11.8 Å². The number of aliphatic hydroxyl groups is 2. The number of rotatable bonds is 9. The number of carbonyl (C=O) groups is 1. The SMILES string of the molecule is N[C@@H](Cc1ccc(OCC(CO)(CO)C[125I])cc1)C(=O)O. The molecule has 0 aliphatic carbocycles. The minimum Gasteiger partial charge on any atom is -0.493 e. The summed E-state index contributed by atoms with van der Waals surface area (Å²) in [6.07, 6.45) is 0.251. The number of alkyl halides is 1. The maximum Gasteiger partial charge on any atom is 0.320 e. The summed E-state index contributed by atoms with van der Waals surface area (Å²) in [5.74, 6) is -0.438. The van der Waals surface area contributed by atoms with E-state index in [2.05, 4.69) is 22.6 Å². The number of nitrogens with two attached hydrogens (primary N) is 1. The number of ether oxygens (including phenoxy) is 1. The van der Waals surface area contributed by atoms with Crippen molar-refractivity contribution >= 4 is 28.6 Å². The second kappa shape index (κ2) is 8.52. The summed E-state index contributed by atoms with van der Waals surface area (Å²) < 4.78 is 6.15. The van der Waals surface area contributed by atoms with Crippen molar-refractivity contribution in [3.63, 3.8) is 0 Å². The number of aliphatic carboxylic acids is 1. The minimum absolute atomic E-state index is 0.155. The molecular formula is C14H20INO5. The zero-order valence-electron chi connectivity index (χ0n) is 11.5. The Morgan fingerprint density at radius 2 is 1.86 bits per heavy atom. The third kappa shape index (κ3) is 5.42. The first-order valence-corrected chi connectivity index (χ1v) is 7.97. The molecule has 118 valence electrons. The molecule has 0 bridgehead atoms. The average molecular weight is 407 g/mol. The lowest BCUT2D eigenvalue weighted by Gasteiger charge is -2.27. The Morgan fingerprint density at radius 3 is 2.29 bits per heavy atom. The molecule has 0 saturated carbocycles. The number of benzene rings is 1. The molecule has 5 N–H and O–H groups in total. The molecule has 0 spiro atoms. The van der Waals surface area contributed by atoms with Crippen molar-refractivity contribution in [2.75, 3.05) is 24.2 Å². The van der Waals surface area contributed by atoms with Crippen molar-refractivity contribution in [3.8, 4) is 5.75 Å². The molecule has 1 rings (SSSR count). The molecule has 6 nitrogen and oxygen atoms in total. The fourth-order valence-electron chi connectivity index (χ4n) is 1.56. The summed E-state index contributed by atoms with van der Waals surface area (Å²) in [5.41, 5.74) is 5.61. The third-order valence-corrected chi connectivity index (χ3v) is 4.81. The summed E-state index contributed by atoms with van der Waals surface area (Å²) in [5, 5.41) is 27.4. The van der Waals surface area contributed by atoms with Gasteiger partial charge in [0.25, 0.3) is 0 Å². The molecule has 0 fully saturated rings. The van der Waals surface area contributed by atoms with Crippen LogP contribution in [0.15, 0.2) is 24.3 Å². The summed E-state index contributed by atoms with van der Waals surface area (Å²) in [6.45, 7) is -0.104. The van der Waals surface area contributed by atoms with E-state index in [0.29, 0.717) is 10.2 Å². The van der Waals surface area contributed by atoms with Gasteiger partial charge in [0.05, 0.1) is 25.2 Å². The predicted octanol–water partition coefficient (Wildman–Crippen LogP) is 0.426. The number of aliphatic hydroxyl groups excluding tert-OH is 2. The van der Waals surface area contributed by atoms with E-state index in [1.54, 1.807) is 24.3 Å². The maximum atomic E-state index is 10.7. The van der Waals surface area contributed by atoms with Crippen molar-refractivity contribution in [3.05, 3.63) is 29.8 Å². The van der Waals surface area contributed by atoms with E-state index in [9.17, 15) is 15.0 Å². The van der Waals surface area contributed by atoms with Gasteiger partial charge in [-0.3, -0.25) is 4.79 Å². The summed E-state index contributed by atoms with van der Waals surface area (Å²) >= 11 is 2.10. The maximum absolute atomic E-state index is 10.7. The van der Waals surface area contributed by atoms with E-state index < -0.39 is 17.4 Å². The molecule has 0 aliphatic rings. The van der Waals surface area contributed by atoms with Gasteiger partial charge >= 0.3 is 5.97 Å². The van der Waals surface area contributed by atoms with Crippen LogP contribution in [-0.4, -0.2) is 51.6 Å². The quantitative estimate of drug-likeness (QED) is 0.349. The highest BCUT2D eigenvalue weighted by molar-refractivity contribution is 14.1. The number of halogens is 1. The van der Waals surface area contributed by atoms with Gasteiger partial charge in [0.2, 0.25) is 0 Å². The standard InChI is InChI=1S/C14H20INO5/c15-6-14(7-17,8-18)9-21-11-3-1-10(2-4-11)5-12(16)13(19)20/h1-4,12,17-18H,5-9,16H2,(H,19,20)/t12-/m0/s1/i15-2. The molecule has 0 amide bonds. The van der Waals surface area contributed by atoms with Gasteiger partial charge in [-0.05, 0) is 24.1 Å². The van der Waals surface area contributed by atoms with Crippen LogP contribution < -0.4 is 10.5 Å². The molecule has 0 aromatic heterocycles. The van der Waals surface area contributed by atoms with Crippen molar-refractivity contribution in [1.29, 1.82) is 0 Å². The zero-order chi connectivity index (χ0) is 15.9. The Morgan fingerprint density at radius 1 is 1.29 bits per heavy atom. The van der Waals surface area contributed by atoms with Gasteiger partial charge in [-0.1, -0.05) is 34.7 Å². The molecular weight excluding hydrogens is 387 g/mol. The Hall–Kier alpha value is -0.900. The zero-order valence-corrected chi connectivity index (χ0v) is 13.7. The number of hydrogen-bond donors (Lipinski definition) is 4. The van der Waals surface area contributed by atoms with E-state index in [1.807, 2.05) is 0 Å². The van der Waals surface area contributed by atoms with Crippen molar-refractivity contribution in [2.45, 2.75) is 12.5 Å². The topological polar surface area (TPSA) is 113 Å². The highest BCUT2D eigenvalue weighted by Gasteiger charge is 2.28. The number of carboxylic acids is 1. The van der Waals surface area contributed by atoms with Crippen LogP contribution in [0.2, 0.25) is 0 Å². The molecule has 0 unspecified atom stereocenters. The van der Waals surface area contributed by atoms with Crippen LogP contribution in [0.4, 0.5) is 0 Å². The summed E-state index contributed by atoms with van der Waals surface area (Å²) in [4.78, 5) is 10.7. The molecule has 0 heterocycles. The van der Waals surface area contributed by atoms with Gasteiger partial charge < -0.3 is 25.8 Å². The predicted molar refractivity (Wildman–Crippen MR) is 86.7 cm³/mol. The molecule has 0 radical (unpaired) electrons. The van der Waals surface area contributed by atoms with Gasteiger partial charge in [-0.2, -0.15) is 0 Å². The Labute approximate surface area is 137 Å². The van der Waals surface area contributed by atoms with E-state index in [4.69, 9.17) is 15.6 Å². The molecule has 1 aromatic carbocycles. The fourth-order valence-corrected chi connectivity index (χ4v) is 2.27. The summed E-state index contributed by atoms with van der Waals surface area (Å²) in [7, 11) is 0. The van der Waals surface area contributed by atoms with Crippen molar-refractivity contribution in [1.82, 2.24) is 0 Å². The minimum atomic E-state index is -1.03. The lowest BCUT2D eigenvalue weighted by molar-refractivity contribution is -0.138. The first-order chi connectivity index (χ1) is 9.96. The second-order valence-electron chi connectivity index (χ2n) is 5.03. The third-order valence-electron chi connectivity index (χ3n) is 3.20. The molecule has 7 heteroatoms. The van der Waals surface area contributed by atoms with Crippen LogP contribution >= 0.6 is 22.6 Å². The highest BCUT2D eigenvalue weighted by atomic mass is 125. The Kier molecular flexibility index (Phi) is 7.36. The lowest BCUT2D eigenvalue weighted by Crippen LogP contribution is -2.38. The van der Waals surface area contributed by atoms with Crippen molar-refractivity contribution in [2.24, 2.45) is 11.1 Å².